The molecule has 1 aliphatic carbocycles. The van der Waals surface area contributed by atoms with Gasteiger partial charge in [0.2, 0.25) is 0 Å². The largest absolute Gasteiger partial charge is 0.507 e. The van der Waals surface area contributed by atoms with Crippen LogP contribution >= 0.6 is 0 Å². The molecule has 7 nitrogen and oxygen atoms in total. The van der Waals surface area contributed by atoms with E-state index < -0.39 is 0 Å². The molecular weight excluding hydrogens is 428 g/mol. The number of aryl methyl sites for hydroxylation is 1. The number of hydrogen-bond acceptors (Lipinski definition) is 4. The minimum atomic E-state index is -0.248. The fourth-order valence-corrected chi connectivity index (χ4v) is 4.31. The molecule has 34 heavy (non-hydrogen) atoms. The summed E-state index contributed by atoms with van der Waals surface area (Å²) in [6.45, 7) is 5.95. The molecule has 1 unspecified atom stereocenters. The average Bonchev–Trinajstić information content (AvgIpc) is 3.49. The highest BCUT2D eigenvalue weighted by Gasteiger charge is 2.26. The quantitative estimate of drug-likeness (QED) is 0.431. The van der Waals surface area contributed by atoms with Crippen LogP contribution in [-0.4, -0.2) is 32.9 Å². The topological polar surface area (TPSA) is 96.3 Å². The summed E-state index contributed by atoms with van der Waals surface area (Å²) >= 11 is 0. The van der Waals surface area contributed by atoms with Crippen LogP contribution in [0, 0.1) is 6.92 Å². The average molecular weight is 461 g/mol. The lowest BCUT2D eigenvalue weighted by atomic mass is 10.0. The summed E-state index contributed by atoms with van der Waals surface area (Å²) in [5.41, 5.74) is 4.04. The van der Waals surface area contributed by atoms with Crippen molar-refractivity contribution in [3.63, 3.8) is 0 Å². The van der Waals surface area contributed by atoms with Crippen LogP contribution in [0.5, 0.6) is 5.75 Å². The maximum absolute atomic E-state index is 12.9. The number of phenols is 1. The standard InChI is InChI=1S/C27H32N4O3/c1-4-18(3)28-27(34)31-24(19-7-5-6-8-19)16-23(30-31)22-14-13-21(15-25(22)32)29-26(33)20-11-9-17(2)10-12-20/h9-16,18-19,32H,4-8H2,1-3H3,(H,28,34)(H,29,33). The molecule has 2 aromatic carbocycles. The van der Waals surface area contributed by atoms with Gasteiger partial charge in [-0.1, -0.05) is 37.5 Å². The molecule has 2 amide bonds. The maximum atomic E-state index is 12.9. The van der Waals surface area contributed by atoms with Gasteiger partial charge < -0.3 is 15.7 Å². The summed E-state index contributed by atoms with van der Waals surface area (Å²) in [5.74, 6) is 0.0208. The first-order valence-corrected chi connectivity index (χ1v) is 12.0. The van der Waals surface area contributed by atoms with Crippen molar-refractivity contribution in [2.24, 2.45) is 0 Å². The molecule has 1 fully saturated rings. The molecule has 1 atom stereocenters. The molecule has 0 aliphatic heterocycles. The third-order valence-electron chi connectivity index (χ3n) is 6.53. The van der Waals surface area contributed by atoms with E-state index in [1.54, 1.807) is 24.3 Å². The number of hydrogen-bond donors (Lipinski definition) is 3. The Kier molecular flexibility index (Phi) is 7.01. The fraction of sp³-hybridized carbons (Fsp3) is 0.370. The van der Waals surface area contributed by atoms with Crippen LogP contribution in [0.3, 0.4) is 0 Å². The summed E-state index contributed by atoms with van der Waals surface area (Å²) in [5, 5.41) is 21.1. The highest BCUT2D eigenvalue weighted by molar-refractivity contribution is 6.04. The summed E-state index contributed by atoms with van der Waals surface area (Å²) in [6.07, 6.45) is 5.15. The van der Waals surface area contributed by atoms with E-state index in [0.29, 0.717) is 22.5 Å². The Hall–Kier alpha value is -3.61. The smallest absolute Gasteiger partial charge is 0.342 e. The number of carbonyl (C=O) groups is 2. The van der Waals surface area contributed by atoms with E-state index in [-0.39, 0.29) is 29.6 Å². The number of anilines is 1. The van der Waals surface area contributed by atoms with Gasteiger partial charge in [-0.3, -0.25) is 4.79 Å². The van der Waals surface area contributed by atoms with Crippen molar-refractivity contribution < 1.29 is 14.7 Å². The van der Waals surface area contributed by atoms with E-state index in [1.165, 1.54) is 10.7 Å². The molecule has 1 saturated carbocycles. The minimum Gasteiger partial charge on any atom is -0.507 e. The lowest BCUT2D eigenvalue weighted by molar-refractivity contribution is 0.102. The van der Waals surface area contributed by atoms with Gasteiger partial charge in [0.1, 0.15) is 5.75 Å². The van der Waals surface area contributed by atoms with Crippen LogP contribution in [0.2, 0.25) is 0 Å². The van der Waals surface area contributed by atoms with Crippen LogP contribution in [0.1, 0.15) is 73.5 Å². The Bertz CT molecular complexity index is 1180. The zero-order valence-electron chi connectivity index (χ0n) is 20.0. The summed E-state index contributed by atoms with van der Waals surface area (Å²) in [4.78, 5) is 25.5. The van der Waals surface area contributed by atoms with Gasteiger partial charge in [0.25, 0.3) is 5.91 Å². The van der Waals surface area contributed by atoms with E-state index in [2.05, 4.69) is 15.7 Å². The molecule has 0 radical (unpaired) electrons. The second-order valence-electron chi connectivity index (χ2n) is 9.16. The van der Waals surface area contributed by atoms with Crippen molar-refractivity contribution >= 4 is 17.6 Å². The van der Waals surface area contributed by atoms with Gasteiger partial charge in [-0.05, 0) is 63.4 Å². The first-order valence-electron chi connectivity index (χ1n) is 12.0. The Morgan fingerprint density at radius 1 is 1.12 bits per heavy atom. The number of phenolic OH excluding ortho intramolecular Hbond substituents is 1. The van der Waals surface area contributed by atoms with E-state index in [4.69, 9.17) is 0 Å². The highest BCUT2D eigenvalue weighted by atomic mass is 16.3. The first kappa shape index (κ1) is 23.5. The summed E-state index contributed by atoms with van der Waals surface area (Å²) < 4.78 is 1.46. The van der Waals surface area contributed by atoms with Crippen molar-refractivity contribution in [1.29, 1.82) is 0 Å². The monoisotopic (exact) mass is 460 g/mol. The van der Waals surface area contributed by atoms with Crippen LogP contribution < -0.4 is 10.6 Å². The maximum Gasteiger partial charge on any atom is 0.342 e. The summed E-state index contributed by atoms with van der Waals surface area (Å²) in [7, 11) is 0. The van der Waals surface area contributed by atoms with E-state index in [0.717, 1.165) is 43.4 Å². The van der Waals surface area contributed by atoms with Crippen LogP contribution in [-0.2, 0) is 0 Å². The normalized spacial score (nSPS) is 14.7. The zero-order chi connectivity index (χ0) is 24.2. The lowest BCUT2D eigenvalue weighted by Gasteiger charge is -2.15. The number of nitrogens with zero attached hydrogens (tertiary/aromatic N) is 2. The van der Waals surface area contributed by atoms with Crippen LogP contribution in [0.15, 0.2) is 48.5 Å². The minimum absolute atomic E-state index is 0.00772. The van der Waals surface area contributed by atoms with Crippen molar-refractivity contribution in [2.45, 2.75) is 64.8 Å². The number of benzene rings is 2. The predicted octanol–water partition coefficient (Wildman–Crippen LogP) is 5.83. The van der Waals surface area contributed by atoms with Gasteiger partial charge in [0.05, 0.1) is 11.4 Å². The molecule has 4 rings (SSSR count). The Morgan fingerprint density at radius 3 is 2.47 bits per heavy atom. The second-order valence-corrected chi connectivity index (χ2v) is 9.16. The molecule has 0 saturated heterocycles. The van der Waals surface area contributed by atoms with E-state index in [9.17, 15) is 14.7 Å². The molecule has 1 aliphatic rings. The lowest BCUT2D eigenvalue weighted by Crippen LogP contribution is -2.37. The van der Waals surface area contributed by atoms with Crippen molar-refractivity contribution in [3.05, 3.63) is 65.4 Å². The van der Waals surface area contributed by atoms with Gasteiger partial charge >= 0.3 is 6.03 Å². The van der Waals surface area contributed by atoms with Gasteiger partial charge in [0, 0.05) is 34.8 Å². The second kappa shape index (κ2) is 10.1. The molecule has 7 heteroatoms. The number of amides is 2. The molecule has 178 valence electrons. The number of nitrogens with one attached hydrogen (secondary N) is 2. The first-order chi connectivity index (χ1) is 16.4. The van der Waals surface area contributed by atoms with Gasteiger partial charge in [-0.25, -0.2) is 4.79 Å². The van der Waals surface area contributed by atoms with Crippen LogP contribution in [0.25, 0.3) is 11.3 Å². The molecule has 1 aromatic heterocycles. The predicted molar refractivity (Wildman–Crippen MR) is 133 cm³/mol. The molecule has 3 aromatic rings. The Morgan fingerprint density at radius 2 is 1.82 bits per heavy atom. The Balaban J connectivity index is 1.59. The summed E-state index contributed by atoms with van der Waals surface area (Å²) in [6, 6.07) is 14.0. The van der Waals surface area contributed by atoms with Crippen molar-refractivity contribution in [2.75, 3.05) is 5.32 Å². The van der Waals surface area contributed by atoms with Gasteiger partial charge in [-0.2, -0.15) is 9.78 Å². The molecule has 1 heterocycles. The highest BCUT2D eigenvalue weighted by Crippen LogP contribution is 2.38. The SMILES string of the molecule is CCC(C)NC(=O)n1nc(-c2ccc(NC(=O)c3ccc(C)cc3)cc2O)cc1C1CCCC1. The molecule has 0 bridgehead atoms. The van der Waals surface area contributed by atoms with E-state index in [1.807, 2.05) is 39.0 Å². The molecule has 0 spiro atoms. The van der Waals surface area contributed by atoms with Crippen molar-refractivity contribution in [3.8, 4) is 17.0 Å². The number of rotatable bonds is 6. The van der Waals surface area contributed by atoms with E-state index >= 15 is 0 Å². The number of aromatic nitrogens is 2. The third-order valence-corrected chi connectivity index (χ3v) is 6.53. The van der Waals surface area contributed by atoms with Crippen LogP contribution in [0.4, 0.5) is 10.5 Å². The van der Waals surface area contributed by atoms with Gasteiger partial charge in [-0.15, -0.1) is 0 Å². The Labute approximate surface area is 200 Å². The number of carbonyl (C=O) groups excluding carboxylic acids is 2. The molecular formula is C27H32N4O3. The van der Waals surface area contributed by atoms with Crippen molar-refractivity contribution in [1.82, 2.24) is 15.1 Å². The zero-order valence-corrected chi connectivity index (χ0v) is 20.0. The molecule has 3 N–H and O–H groups in total. The number of aromatic hydroxyl groups is 1. The fourth-order valence-electron chi connectivity index (χ4n) is 4.31. The third kappa shape index (κ3) is 5.14. The van der Waals surface area contributed by atoms with Gasteiger partial charge in [0.15, 0.2) is 0 Å².